The Balaban J connectivity index is 2.56. The molecule has 0 radical (unpaired) electrons. The van der Waals surface area contributed by atoms with Gasteiger partial charge in [-0.3, -0.25) is 4.79 Å². The third-order valence-electron chi connectivity index (χ3n) is 2.25. The van der Waals surface area contributed by atoms with Crippen molar-refractivity contribution in [3.63, 3.8) is 0 Å². The van der Waals surface area contributed by atoms with Crippen molar-refractivity contribution in [3.8, 4) is 0 Å². The molecule has 1 aliphatic rings. The fourth-order valence-electron chi connectivity index (χ4n) is 1.55. The van der Waals surface area contributed by atoms with Gasteiger partial charge in [-0.25, -0.2) is 8.42 Å². The van der Waals surface area contributed by atoms with Gasteiger partial charge in [0.15, 0.2) is 0 Å². The molecule has 0 amide bonds. The maximum absolute atomic E-state index is 11.9. The average molecular weight is 259 g/mol. The van der Waals surface area contributed by atoms with Crippen LogP contribution in [0.25, 0.3) is 6.08 Å². The molecule has 0 atom stereocenters. The number of hydrogen-bond donors (Lipinski definition) is 1. The summed E-state index contributed by atoms with van der Waals surface area (Å²) in [7, 11) is -3.67. The van der Waals surface area contributed by atoms with Crippen molar-refractivity contribution in [3.05, 3.63) is 33.7 Å². The summed E-state index contributed by atoms with van der Waals surface area (Å²) in [5.74, 6) is -1.17. The number of carboxylic acid groups (broad SMARTS) is 1. The number of sulfone groups is 1. The average Bonchev–Trinajstić information content (AvgIpc) is 2.40. The maximum Gasteiger partial charge on any atom is 0.308 e. The molecule has 6 heteroatoms. The molecule has 1 N–H and O–H groups in total. The van der Waals surface area contributed by atoms with E-state index in [1.165, 1.54) is 12.1 Å². The zero-order chi connectivity index (χ0) is 11.9. The van der Waals surface area contributed by atoms with Gasteiger partial charge in [-0.05, 0) is 23.8 Å². The Morgan fingerprint density at radius 1 is 1.38 bits per heavy atom. The van der Waals surface area contributed by atoms with E-state index >= 15 is 0 Å². The Labute approximate surface area is 97.1 Å². The molecule has 0 fully saturated rings. The van der Waals surface area contributed by atoms with E-state index in [2.05, 4.69) is 0 Å². The van der Waals surface area contributed by atoms with Gasteiger partial charge in [0, 0.05) is 5.02 Å². The molecule has 1 aliphatic heterocycles. The van der Waals surface area contributed by atoms with Crippen LogP contribution in [-0.2, 0) is 14.6 Å². The molecule has 0 saturated heterocycles. The standard InChI is InChI=1S/C10H7ClO4S/c11-7-2-1-6-3-8(5-10(12)13)16(14,15)9(6)4-7/h1-4H,5H2,(H,12,13). The van der Waals surface area contributed by atoms with E-state index in [1.54, 1.807) is 12.1 Å². The molecule has 1 heterocycles. The molecule has 0 spiro atoms. The van der Waals surface area contributed by atoms with Crippen molar-refractivity contribution in [2.75, 3.05) is 0 Å². The van der Waals surface area contributed by atoms with E-state index in [-0.39, 0.29) is 9.80 Å². The van der Waals surface area contributed by atoms with Gasteiger partial charge in [0.25, 0.3) is 0 Å². The molecular formula is C10H7ClO4S. The summed E-state index contributed by atoms with van der Waals surface area (Å²) in [6.07, 6.45) is 0.865. The molecular weight excluding hydrogens is 252 g/mol. The van der Waals surface area contributed by atoms with Crippen LogP contribution in [0.1, 0.15) is 12.0 Å². The Hall–Kier alpha value is -1.33. The van der Waals surface area contributed by atoms with E-state index < -0.39 is 22.2 Å². The van der Waals surface area contributed by atoms with Crippen molar-refractivity contribution in [1.29, 1.82) is 0 Å². The summed E-state index contributed by atoms with van der Waals surface area (Å²) in [5, 5.41) is 8.92. The lowest BCUT2D eigenvalue weighted by molar-refractivity contribution is -0.136. The van der Waals surface area contributed by atoms with Gasteiger partial charge < -0.3 is 5.11 Å². The Bertz CT molecular complexity index is 601. The number of carbonyl (C=O) groups is 1. The first-order valence-corrected chi connectivity index (χ1v) is 6.24. The predicted molar refractivity (Wildman–Crippen MR) is 58.9 cm³/mol. The second-order valence-corrected chi connectivity index (χ2v) is 5.77. The van der Waals surface area contributed by atoms with Crippen molar-refractivity contribution < 1.29 is 18.3 Å². The van der Waals surface area contributed by atoms with Crippen LogP contribution in [-0.4, -0.2) is 19.5 Å². The van der Waals surface area contributed by atoms with Crippen LogP contribution in [0.4, 0.5) is 0 Å². The molecule has 4 nitrogen and oxygen atoms in total. The van der Waals surface area contributed by atoms with Gasteiger partial charge in [0.2, 0.25) is 9.84 Å². The molecule has 2 rings (SSSR count). The predicted octanol–water partition coefficient (Wildman–Crippen LogP) is 1.94. The van der Waals surface area contributed by atoms with Crippen LogP contribution in [0.3, 0.4) is 0 Å². The fourth-order valence-corrected chi connectivity index (χ4v) is 3.38. The van der Waals surface area contributed by atoms with Crippen LogP contribution in [0.2, 0.25) is 5.02 Å². The Morgan fingerprint density at radius 2 is 2.06 bits per heavy atom. The zero-order valence-electron chi connectivity index (χ0n) is 7.97. The summed E-state index contributed by atoms with van der Waals surface area (Å²) in [6.45, 7) is 0. The van der Waals surface area contributed by atoms with Crippen molar-refractivity contribution in [2.45, 2.75) is 11.3 Å². The van der Waals surface area contributed by atoms with Crippen LogP contribution in [0.15, 0.2) is 28.0 Å². The maximum atomic E-state index is 11.9. The number of carboxylic acids is 1. The second kappa shape index (κ2) is 3.61. The smallest absolute Gasteiger partial charge is 0.308 e. The summed E-state index contributed by atoms with van der Waals surface area (Å²) in [4.78, 5) is 10.5. The minimum Gasteiger partial charge on any atom is -0.481 e. The van der Waals surface area contributed by atoms with Gasteiger partial charge in [0.1, 0.15) is 0 Å². The minimum absolute atomic E-state index is 0.0799. The lowest BCUT2D eigenvalue weighted by atomic mass is 10.2. The zero-order valence-corrected chi connectivity index (χ0v) is 9.55. The van der Waals surface area contributed by atoms with E-state index in [0.717, 1.165) is 0 Å². The van der Waals surface area contributed by atoms with E-state index in [4.69, 9.17) is 16.7 Å². The van der Waals surface area contributed by atoms with Crippen LogP contribution in [0, 0.1) is 0 Å². The highest BCUT2D eigenvalue weighted by molar-refractivity contribution is 7.95. The number of benzene rings is 1. The fraction of sp³-hybridized carbons (Fsp3) is 0.100. The number of fused-ring (bicyclic) bond motifs is 1. The molecule has 1 aromatic carbocycles. The SMILES string of the molecule is O=C(O)CC1=Cc2ccc(Cl)cc2S1(=O)=O. The highest BCUT2D eigenvalue weighted by Gasteiger charge is 2.30. The number of aliphatic carboxylic acids is 1. The second-order valence-electron chi connectivity index (χ2n) is 3.37. The molecule has 0 aliphatic carbocycles. The van der Waals surface area contributed by atoms with Gasteiger partial charge in [-0.2, -0.15) is 0 Å². The highest BCUT2D eigenvalue weighted by atomic mass is 35.5. The summed E-state index contributed by atoms with van der Waals surface area (Å²) < 4.78 is 23.8. The topological polar surface area (TPSA) is 71.4 Å². The van der Waals surface area contributed by atoms with E-state index in [0.29, 0.717) is 10.6 Å². The van der Waals surface area contributed by atoms with Gasteiger partial charge in [-0.15, -0.1) is 0 Å². The third-order valence-corrected chi connectivity index (χ3v) is 4.37. The normalized spacial score (nSPS) is 16.7. The van der Waals surface area contributed by atoms with Crippen LogP contribution < -0.4 is 0 Å². The molecule has 0 saturated carbocycles. The first-order chi connectivity index (χ1) is 7.41. The molecule has 1 aromatic rings. The number of rotatable bonds is 2. The Morgan fingerprint density at radius 3 is 2.69 bits per heavy atom. The monoisotopic (exact) mass is 258 g/mol. The number of halogens is 1. The molecule has 0 bridgehead atoms. The van der Waals surface area contributed by atoms with Gasteiger partial charge in [0.05, 0.1) is 16.2 Å². The molecule has 0 unspecified atom stereocenters. The summed E-state index contributed by atoms with van der Waals surface area (Å²) in [5.41, 5.74) is 0.487. The first-order valence-electron chi connectivity index (χ1n) is 4.38. The van der Waals surface area contributed by atoms with Crippen molar-refractivity contribution in [1.82, 2.24) is 0 Å². The molecule has 0 aromatic heterocycles. The summed E-state index contributed by atoms with van der Waals surface area (Å²) in [6, 6.07) is 4.46. The first kappa shape index (κ1) is 11.2. The van der Waals surface area contributed by atoms with Gasteiger partial charge in [-0.1, -0.05) is 17.7 Å². The van der Waals surface area contributed by atoms with Crippen LogP contribution >= 0.6 is 11.6 Å². The molecule has 84 valence electrons. The lowest BCUT2D eigenvalue weighted by Crippen LogP contribution is -2.05. The number of hydrogen-bond acceptors (Lipinski definition) is 3. The van der Waals surface area contributed by atoms with E-state index in [1.807, 2.05) is 0 Å². The quantitative estimate of drug-likeness (QED) is 0.880. The summed E-state index contributed by atoms with van der Waals surface area (Å²) >= 11 is 5.70. The largest absolute Gasteiger partial charge is 0.481 e. The minimum atomic E-state index is -3.67. The van der Waals surface area contributed by atoms with Crippen molar-refractivity contribution >= 4 is 33.5 Å². The van der Waals surface area contributed by atoms with Gasteiger partial charge >= 0.3 is 5.97 Å². The van der Waals surface area contributed by atoms with Crippen LogP contribution in [0.5, 0.6) is 0 Å². The lowest BCUT2D eigenvalue weighted by Gasteiger charge is -2.01. The highest BCUT2D eigenvalue weighted by Crippen LogP contribution is 2.35. The Kier molecular flexibility index (Phi) is 2.52. The molecule has 16 heavy (non-hydrogen) atoms. The van der Waals surface area contributed by atoms with Crippen molar-refractivity contribution in [2.24, 2.45) is 0 Å². The van der Waals surface area contributed by atoms with E-state index in [9.17, 15) is 13.2 Å². The third kappa shape index (κ3) is 1.72.